The van der Waals surface area contributed by atoms with Gasteiger partial charge in [0.05, 0.1) is 6.04 Å². The molecule has 0 spiro atoms. The quantitative estimate of drug-likeness (QED) is 0.475. The Balaban J connectivity index is 1.94. The molecular formula is C20H32N4O6. The van der Waals surface area contributed by atoms with Crippen LogP contribution in [-0.2, 0) is 23.9 Å². The van der Waals surface area contributed by atoms with Gasteiger partial charge in [-0.3, -0.25) is 19.2 Å². The molecule has 0 bridgehead atoms. The molecule has 2 unspecified atom stereocenters. The number of alkyl carbamates (subject to hydrolysis) is 1. The van der Waals surface area contributed by atoms with Crippen LogP contribution >= 0.6 is 0 Å². The lowest BCUT2D eigenvalue weighted by Crippen LogP contribution is -2.54. The number of primary amides is 1. The molecule has 168 valence electrons. The Kier molecular flexibility index (Phi) is 7.80. The molecular weight excluding hydrogens is 392 g/mol. The molecule has 1 aliphatic heterocycles. The molecule has 2 rings (SSSR count). The van der Waals surface area contributed by atoms with Crippen LogP contribution in [0.4, 0.5) is 4.79 Å². The number of nitrogens with one attached hydrogen (secondary N) is 2. The first-order chi connectivity index (χ1) is 14.0. The van der Waals surface area contributed by atoms with Crippen LogP contribution in [0.3, 0.4) is 0 Å². The third kappa shape index (κ3) is 6.70. The molecule has 2 atom stereocenters. The van der Waals surface area contributed by atoms with Crippen molar-refractivity contribution in [2.75, 3.05) is 13.1 Å². The first-order valence-electron chi connectivity index (χ1n) is 10.4. The van der Waals surface area contributed by atoms with E-state index in [1.165, 1.54) is 4.90 Å². The van der Waals surface area contributed by atoms with E-state index in [1.54, 1.807) is 20.8 Å². The maximum absolute atomic E-state index is 12.8. The molecule has 0 radical (unpaired) electrons. The van der Waals surface area contributed by atoms with Gasteiger partial charge in [0.25, 0.3) is 5.91 Å². The zero-order valence-corrected chi connectivity index (χ0v) is 17.9. The Labute approximate surface area is 176 Å². The van der Waals surface area contributed by atoms with Gasteiger partial charge in [-0.15, -0.1) is 0 Å². The SMILES string of the molecule is CC(C)(C)OC(=O)NCC(=O)N1CCCC1C(=O)NC(CC1CCC1)C(=O)C(N)=O. The zero-order chi connectivity index (χ0) is 22.5. The van der Waals surface area contributed by atoms with Crippen LogP contribution in [-0.4, -0.2) is 65.3 Å². The second-order valence-corrected chi connectivity index (χ2v) is 8.92. The van der Waals surface area contributed by atoms with Crippen molar-refractivity contribution < 1.29 is 28.7 Å². The fourth-order valence-electron chi connectivity index (χ4n) is 3.63. The Morgan fingerprint density at radius 2 is 1.77 bits per heavy atom. The number of hydrogen-bond donors (Lipinski definition) is 3. The van der Waals surface area contributed by atoms with Crippen molar-refractivity contribution in [2.24, 2.45) is 11.7 Å². The van der Waals surface area contributed by atoms with Crippen LogP contribution in [0.1, 0.15) is 59.3 Å². The average Bonchev–Trinajstić information content (AvgIpc) is 3.09. The number of hydrogen-bond acceptors (Lipinski definition) is 6. The van der Waals surface area contributed by atoms with Gasteiger partial charge in [-0.2, -0.15) is 0 Å². The lowest BCUT2D eigenvalue weighted by molar-refractivity contribution is -0.141. The topological polar surface area (TPSA) is 148 Å². The van der Waals surface area contributed by atoms with Crippen molar-refractivity contribution >= 4 is 29.6 Å². The summed E-state index contributed by atoms with van der Waals surface area (Å²) >= 11 is 0. The average molecular weight is 424 g/mol. The number of likely N-dealkylation sites (tertiary alicyclic amines) is 1. The maximum atomic E-state index is 12.8. The predicted molar refractivity (Wildman–Crippen MR) is 107 cm³/mol. The smallest absolute Gasteiger partial charge is 0.408 e. The number of carbonyl (C=O) groups is 5. The minimum atomic E-state index is -1.08. The van der Waals surface area contributed by atoms with Gasteiger partial charge in [-0.05, 0) is 46.0 Å². The van der Waals surface area contributed by atoms with Crippen molar-refractivity contribution in [3.63, 3.8) is 0 Å². The lowest BCUT2D eigenvalue weighted by Gasteiger charge is -2.30. The number of rotatable bonds is 8. The van der Waals surface area contributed by atoms with Crippen LogP contribution in [0.25, 0.3) is 0 Å². The lowest BCUT2D eigenvalue weighted by atomic mass is 9.80. The molecule has 10 heteroatoms. The number of ketones is 1. The molecule has 10 nitrogen and oxygen atoms in total. The van der Waals surface area contributed by atoms with Crippen LogP contribution in [0.15, 0.2) is 0 Å². The second kappa shape index (κ2) is 9.90. The van der Waals surface area contributed by atoms with Gasteiger partial charge in [0.1, 0.15) is 18.2 Å². The van der Waals surface area contributed by atoms with E-state index in [9.17, 15) is 24.0 Å². The van der Waals surface area contributed by atoms with E-state index >= 15 is 0 Å². The highest BCUT2D eigenvalue weighted by Crippen LogP contribution is 2.30. The summed E-state index contributed by atoms with van der Waals surface area (Å²) in [5.41, 5.74) is 4.44. The van der Waals surface area contributed by atoms with E-state index < -0.39 is 47.3 Å². The molecule has 30 heavy (non-hydrogen) atoms. The van der Waals surface area contributed by atoms with Crippen LogP contribution in [0.2, 0.25) is 0 Å². The number of amides is 4. The van der Waals surface area contributed by atoms with Crippen molar-refractivity contribution in [3.05, 3.63) is 0 Å². The van der Waals surface area contributed by atoms with Gasteiger partial charge in [-0.1, -0.05) is 19.3 Å². The van der Waals surface area contributed by atoms with E-state index in [-0.39, 0.29) is 12.5 Å². The third-order valence-electron chi connectivity index (χ3n) is 5.33. The fourth-order valence-corrected chi connectivity index (χ4v) is 3.63. The molecule has 1 saturated carbocycles. The van der Waals surface area contributed by atoms with Crippen molar-refractivity contribution in [2.45, 2.75) is 77.0 Å². The molecule has 4 N–H and O–H groups in total. The third-order valence-corrected chi connectivity index (χ3v) is 5.33. The summed E-state index contributed by atoms with van der Waals surface area (Å²) in [6.07, 6.45) is 3.66. The van der Waals surface area contributed by atoms with Crippen molar-refractivity contribution in [1.29, 1.82) is 0 Å². The van der Waals surface area contributed by atoms with Gasteiger partial charge in [0.2, 0.25) is 17.6 Å². The van der Waals surface area contributed by atoms with E-state index in [4.69, 9.17) is 10.5 Å². The Hall–Kier alpha value is -2.65. The molecule has 1 aliphatic carbocycles. The van der Waals surface area contributed by atoms with Crippen molar-refractivity contribution in [3.8, 4) is 0 Å². The van der Waals surface area contributed by atoms with Crippen LogP contribution in [0, 0.1) is 5.92 Å². The second-order valence-electron chi connectivity index (χ2n) is 8.92. The molecule has 2 fully saturated rings. The number of nitrogens with two attached hydrogens (primary N) is 1. The molecule has 1 heterocycles. The Morgan fingerprint density at radius 3 is 2.30 bits per heavy atom. The minimum Gasteiger partial charge on any atom is -0.444 e. The molecule has 0 aromatic rings. The monoisotopic (exact) mass is 424 g/mol. The Morgan fingerprint density at radius 1 is 1.10 bits per heavy atom. The summed E-state index contributed by atoms with van der Waals surface area (Å²) in [6, 6.07) is -1.74. The zero-order valence-electron chi connectivity index (χ0n) is 17.9. The molecule has 4 amide bonds. The van der Waals surface area contributed by atoms with Gasteiger partial charge in [0, 0.05) is 6.54 Å². The van der Waals surface area contributed by atoms with E-state index in [1.807, 2.05) is 0 Å². The summed E-state index contributed by atoms with van der Waals surface area (Å²) in [6.45, 7) is 5.20. The van der Waals surface area contributed by atoms with Gasteiger partial charge >= 0.3 is 6.09 Å². The first kappa shape index (κ1) is 23.6. The van der Waals surface area contributed by atoms with Crippen LogP contribution in [0.5, 0.6) is 0 Å². The highest BCUT2D eigenvalue weighted by Gasteiger charge is 2.37. The maximum Gasteiger partial charge on any atom is 0.408 e. The summed E-state index contributed by atoms with van der Waals surface area (Å²) in [5, 5.41) is 5.02. The highest BCUT2D eigenvalue weighted by atomic mass is 16.6. The highest BCUT2D eigenvalue weighted by molar-refractivity contribution is 6.37. The molecule has 0 aromatic heterocycles. The van der Waals surface area contributed by atoms with Gasteiger partial charge < -0.3 is 26.0 Å². The standard InChI is InChI=1S/C20H32N4O6/c1-20(2,3)30-19(29)22-11-15(25)24-9-5-8-14(24)18(28)23-13(16(26)17(21)27)10-12-6-4-7-12/h12-14H,4-11H2,1-3H3,(H2,21,27)(H,22,29)(H,23,28). The Bertz CT molecular complexity index is 698. The fraction of sp³-hybridized carbons (Fsp3) is 0.750. The number of nitrogens with zero attached hydrogens (tertiary/aromatic N) is 1. The predicted octanol–water partition coefficient (Wildman–Crippen LogP) is 0.232. The summed E-state index contributed by atoms with van der Waals surface area (Å²) in [5.74, 6) is -2.54. The summed E-state index contributed by atoms with van der Waals surface area (Å²) in [7, 11) is 0. The van der Waals surface area contributed by atoms with E-state index in [0.29, 0.717) is 25.8 Å². The summed E-state index contributed by atoms with van der Waals surface area (Å²) in [4.78, 5) is 61.9. The number of carbonyl (C=O) groups excluding carboxylic acids is 5. The van der Waals surface area contributed by atoms with Gasteiger partial charge in [-0.25, -0.2) is 4.79 Å². The molecule has 0 aromatic carbocycles. The van der Waals surface area contributed by atoms with Crippen LogP contribution < -0.4 is 16.4 Å². The first-order valence-corrected chi connectivity index (χ1v) is 10.4. The van der Waals surface area contributed by atoms with E-state index in [2.05, 4.69) is 10.6 Å². The largest absolute Gasteiger partial charge is 0.444 e. The molecule has 1 saturated heterocycles. The normalized spacial score (nSPS) is 20.1. The minimum absolute atomic E-state index is 0.276. The summed E-state index contributed by atoms with van der Waals surface area (Å²) < 4.78 is 5.10. The number of ether oxygens (including phenoxy) is 1. The van der Waals surface area contributed by atoms with E-state index in [0.717, 1.165) is 19.3 Å². The number of Topliss-reactive ketones (excluding diaryl/α,β-unsaturated/α-hetero) is 1. The molecule has 2 aliphatic rings. The van der Waals surface area contributed by atoms with Gasteiger partial charge in [0.15, 0.2) is 0 Å². The van der Waals surface area contributed by atoms with Crippen molar-refractivity contribution in [1.82, 2.24) is 15.5 Å².